The third-order valence-electron chi connectivity index (χ3n) is 5.36. The van der Waals surface area contributed by atoms with Crippen LogP contribution >= 0.6 is 0 Å². The van der Waals surface area contributed by atoms with Gasteiger partial charge < -0.3 is 5.11 Å². The first kappa shape index (κ1) is 23.3. The van der Waals surface area contributed by atoms with Crippen molar-refractivity contribution in [2.75, 3.05) is 0 Å². The van der Waals surface area contributed by atoms with E-state index in [1.807, 2.05) is 0 Å². The van der Waals surface area contributed by atoms with E-state index in [-0.39, 0.29) is 23.5 Å². The fourth-order valence-electron chi connectivity index (χ4n) is 3.83. The predicted octanol–water partition coefficient (Wildman–Crippen LogP) is 3.69. The van der Waals surface area contributed by atoms with Crippen LogP contribution in [0.4, 0.5) is 13.2 Å². The fraction of sp³-hybridized carbons (Fsp3) is 0.182. The monoisotopic (exact) mass is 497 g/mol. The molecular weight excluding hydrogens is 479 g/mol. The van der Waals surface area contributed by atoms with Gasteiger partial charge in [-0.25, -0.2) is 21.6 Å². The number of hydrogen-bond acceptors (Lipinski definition) is 5. The first-order valence-electron chi connectivity index (χ1n) is 9.72. The van der Waals surface area contributed by atoms with Gasteiger partial charge in [-0.3, -0.25) is 0 Å². The summed E-state index contributed by atoms with van der Waals surface area (Å²) < 4.78 is 95.0. The van der Waals surface area contributed by atoms with Crippen LogP contribution in [0.5, 0.6) is 5.75 Å². The van der Waals surface area contributed by atoms with Crippen LogP contribution in [0.15, 0.2) is 81.4 Å². The summed E-state index contributed by atoms with van der Waals surface area (Å²) in [6, 6.07) is 12.5. The SMILES string of the molecule is O=S(=O)(NC1Cc2ccc(O)cc2C1)c1cc(S(=O)(=O)c2ccccc2)ccc1C(F)(F)F. The van der Waals surface area contributed by atoms with E-state index < -0.39 is 47.4 Å². The molecule has 1 aliphatic carbocycles. The summed E-state index contributed by atoms with van der Waals surface area (Å²) in [5, 5.41) is 9.60. The highest BCUT2D eigenvalue weighted by molar-refractivity contribution is 7.91. The zero-order valence-electron chi connectivity index (χ0n) is 16.9. The topological polar surface area (TPSA) is 101 Å². The number of rotatable bonds is 5. The number of halogens is 3. The molecule has 6 nitrogen and oxygen atoms in total. The fourth-order valence-corrected chi connectivity index (χ4v) is 6.70. The zero-order chi connectivity index (χ0) is 24.0. The maximum atomic E-state index is 13.6. The Labute approximate surface area is 188 Å². The highest BCUT2D eigenvalue weighted by atomic mass is 32.2. The summed E-state index contributed by atoms with van der Waals surface area (Å²) in [5.41, 5.74) is -0.0220. The normalized spacial score (nSPS) is 16.5. The molecule has 0 amide bonds. The molecule has 3 aromatic rings. The van der Waals surface area contributed by atoms with Gasteiger partial charge >= 0.3 is 6.18 Å². The van der Waals surface area contributed by atoms with Crippen molar-refractivity contribution in [2.24, 2.45) is 0 Å². The van der Waals surface area contributed by atoms with Gasteiger partial charge in [-0.1, -0.05) is 24.3 Å². The van der Waals surface area contributed by atoms with Crippen molar-refractivity contribution in [3.63, 3.8) is 0 Å². The van der Waals surface area contributed by atoms with Gasteiger partial charge in [0.15, 0.2) is 0 Å². The lowest BCUT2D eigenvalue weighted by atomic mass is 10.1. The van der Waals surface area contributed by atoms with Crippen LogP contribution in [0, 0.1) is 0 Å². The molecule has 1 atom stereocenters. The first-order valence-corrected chi connectivity index (χ1v) is 12.7. The van der Waals surface area contributed by atoms with Gasteiger partial charge in [-0.15, -0.1) is 0 Å². The Morgan fingerprint density at radius 2 is 1.48 bits per heavy atom. The number of sulfonamides is 1. The lowest BCUT2D eigenvalue weighted by Crippen LogP contribution is -2.36. The van der Waals surface area contributed by atoms with E-state index in [4.69, 9.17) is 0 Å². The van der Waals surface area contributed by atoms with Crippen molar-refractivity contribution in [2.45, 2.75) is 39.7 Å². The molecule has 0 spiro atoms. The number of fused-ring (bicyclic) bond motifs is 1. The Morgan fingerprint density at radius 1 is 0.818 bits per heavy atom. The minimum atomic E-state index is -5.02. The maximum absolute atomic E-state index is 13.6. The van der Waals surface area contributed by atoms with Crippen molar-refractivity contribution in [1.82, 2.24) is 4.72 Å². The zero-order valence-corrected chi connectivity index (χ0v) is 18.5. The molecule has 4 rings (SSSR count). The molecule has 33 heavy (non-hydrogen) atoms. The summed E-state index contributed by atoms with van der Waals surface area (Å²) in [6.07, 6.45) is -4.63. The van der Waals surface area contributed by atoms with E-state index in [1.165, 1.54) is 36.4 Å². The van der Waals surface area contributed by atoms with Gasteiger partial charge in [0.25, 0.3) is 0 Å². The summed E-state index contributed by atoms with van der Waals surface area (Å²) in [6.45, 7) is 0. The van der Waals surface area contributed by atoms with Gasteiger partial charge in [0, 0.05) is 6.04 Å². The average molecular weight is 498 g/mol. The number of alkyl halides is 3. The summed E-state index contributed by atoms with van der Waals surface area (Å²) >= 11 is 0. The smallest absolute Gasteiger partial charge is 0.417 e. The summed E-state index contributed by atoms with van der Waals surface area (Å²) in [4.78, 5) is -1.90. The lowest BCUT2D eigenvalue weighted by Gasteiger charge is -2.18. The number of aromatic hydroxyl groups is 1. The van der Waals surface area contributed by atoms with Crippen molar-refractivity contribution >= 4 is 19.9 Å². The molecule has 11 heteroatoms. The number of phenols is 1. The maximum Gasteiger partial charge on any atom is 0.417 e. The van der Waals surface area contributed by atoms with E-state index in [2.05, 4.69) is 4.72 Å². The first-order chi connectivity index (χ1) is 15.4. The molecule has 0 fully saturated rings. The van der Waals surface area contributed by atoms with E-state index >= 15 is 0 Å². The second kappa shape index (κ2) is 8.15. The lowest BCUT2D eigenvalue weighted by molar-refractivity contribution is -0.139. The van der Waals surface area contributed by atoms with Gasteiger partial charge in [0.05, 0.1) is 20.2 Å². The van der Waals surface area contributed by atoms with Gasteiger partial charge in [0.1, 0.15) is 5.75 Å². The number of sulfone groups is 1. The quantitative estimate of drug-likeness (QED) is 0.560. The van der Waals surface area contributed by atoms with Crippen molar-refractivity contribution < 1.29 is 35.1 Å². The number of hydrogen-bond donors (Lipinski definition) is 2. The van der Waals surface area contributed by atoms with Gasteiger partial charge in [-0.05, 0) is 66.4 Å². The molecule has 0 saturated heterocycles. The van der Waals surface area contributed by atoms with E-state index in [0.29, 0.717) is 17.7 Å². The molecule has 174 valence electrons. The minimum Gasteiger partial charge on any atom is -0.508 e. The molecule has 2 N–H and O–H groups in total. The van der Waals surface area contributed by atoms with Gasteiger partial charge in [-0.2, -0.15) is 13.2 Å². The van der Waals surface area contributed by atoms with E-state index in [1.54, 1.807) is 12.1 Å². The van der Waals surface area contributed by atoms with Crippen molar-refractivity contribution in [1.29, 1.82) is 0 Å². The molecule has 1 aliphatic rings. The Morgan fingerprint density at radius 3 is 2.15 bits per heavy atom. The summed E-state index contributed by atoms with van der Waals surface area (Å²) in [7, 11) is -8.99. The highest BCUT2D eigenvalue weighted by Crippen LogP contribution is 2.37. The Bertz CT molecular complexity index is 1420. The van der Waals surface area contributed by atoms with Crippen LogP contribution in [0.3, 0.4) is 0 Å². The minimum absolute atomic E-state index is 0.00423. The highest BCUT2D eigenvalue weighted by Gasteiger charge is 2.39. The van der Waals surface area contributed by atoms with E-state index in [0.717, 1.165) is 11.6 Å². The van der Waals surface area contributed by atoms with Crippen LogP contribution in [-0.4, -0.2) is 28.0 Å². The Kier molecular flexibility index (Phi) is 5.75. The largest absolute Gasteiger partial charge is 0.508 e. The third-order valence-corrected chi connectivity index (χ3v) is 8.68. The second-order valence-electron chi connectivity index (χ2n) is 7.65. The standard InChI is InChI=1S/C22H18F3NO5S2/c23-22(24,25)20-9-8-19(32(28,29)18-4-2-1-3-5-18)13-21(20)33(30,31)26-16-10-14-6-7-17(27)12-15(14)11-16/h1-9,12-13,16,26-27H,10-11H2. The third kappa shape index (κ3) is 4.61. The second-order valence-corrected chi connectivity index (χ2v) is 11.3. The Balaban J connectivity index is 1.74. The summed E-state index contributed by atoms with van der Waals surface area (Å²) in [5.74, 6) is -0.00423. The number of nitrogens with one attached hydrogen (secondary N) is 1. The molecular formula is C22H18F3NO5S2. The van der Waals surface area contributed by atoms with Crippen LogP contribution in [0.1, 0.15) is 16.7 Å². The van der Waals surface area contributed by atoms with Crippen molar-refractivity contribution in [3.8, 4) is 5.75 Å². The van der Waals surface area contributed by atoms with Crippen LogP contribution in [0.25, 0.3) is 0 Å². The predicted molar refractivity (Wildman–Crippen MR) is 113 cm³/mol. The van der Waals surface area contributed by atoms with Crippen LogP contribution in [0.2, 0.25) is 0 Å². The van der Waals surface area contributed by atoms with Crippen LogP contribution < -0.4 is 4.72 Å². The number of benzene rings is 3. The molecule has 0 saturated carbocycles. The molecule has 0 radical (unpaired) electrons. The van der Waals surface area contributed by atoms with Crippen molar-refractivity contribution in [3.05, 3.63) is 83.4 Å². The average Bonchev–Trinajstić information content (AvgIpc) is 3.13. The van der Waals surface area contributed by atoms with E-state index in [9.17, 15) is 35.1 Å². The van der Waals surface area contributed by atoms with Gasteiger partial charge in [0.2, 0.25) is 19.9 Å². The number of phenolic OH excluding ortho intramolecular Hbond substituents is 1. The molecule has 0 heterocycles. The molecule has 1 unspecified atom stereocenters. The molecule has 0 aromatic heterocycles. The molecule has 0 aliphatic heterocycles. The molecule has 0 bridgehead atoms. The van der Waals surface area contributed by atoms with Crippen LogP contribution in [-0.2, 0) is 38.9 Å². The Hall–Kier alpha value is -2.89. The molecule has 3 aromatic carbocycles.